The summed E-state index contributed by atoms with van der Waals surface area (Å²) in [4.78, 5) is 53.3. The number of nitrogens with one attached hydrogen (secondary N) is 3. The van der Waals surface area contributed by atoms with E-state index in [-0.39, 0.29) is 37.8 Å². The Morgan fingerprint density at radius 1 is 1.11 bits per heavy atom. The van der Waals surface area contributed by atoms with Gasteiger partial charge in [0.15, 0.2) is 0 Å². The Bertz CT molecular complexity index is 1320. The minimum atomic E-state index is -5.00. The highest BCUT2D eigenvalue weighted by Crippen LogP contribution is 2.32. The largest absolute Gasteiger partial charge is 0.444 e. The van der Waals surface area contributed by atoms with Crippen LogP contribution in [-0.4, -0.2) is 95.3 Å². The van der Waals surface area contributed by atoms with Crippen molar-refractivity contribution in [3.8, 4) is 0 Å². The molecule has 0 spiro atoms. The molecule has 2 aliphatic rings. The number of benzene rings is 1. The molecule has 2 saturated heterocycles. The molecule has 2 aliphatic heterocycles. The van der Waals surface area contributed by atoms with Crippen LogP contribution in [0.25, 0.3) is 0 Å². The van der Waals surface area contributed by atoms with E-state index in [2.05, 4.69) is 16.0 Å². The molecule has 0 aliphatic carbocycles. The zero-order valence-electron chi connectivity index (χ0n) is 27.2. The summed E-state index contributed by atoms with van der Waals surface area (Å²) in [6.07, 6.45) is -0.123. The number of amides is 4. The lowest BCUT2D eigenvalue weighted by Gasteiger charge is -2.41. The number of carbonyl (C=O) groups is 4. The van der Waals surface area contributed by atoms with Gasteiger partial charge in [-0.1, -0.05) is 44.2 Å². The second-order valence-corrected chi connectivity index (χ2v) is 15.1. The normalized spacial score (nSPS) is 20.3. The number of aliphatic hydroxyl groups is 1. The standard InChI is InChI=1S/C31H48N4O10S/c1-20(2)17-23(26(37)33-24(27(38)46(41,42)43)18-22-11-14-32-25(22)36)34-28(39)44-31(19-21-9-7-6-8-10-21)12-15-35(16-13-31)29(40)45-30(3,4)5/h6-10,20,22-24,27,38H,11-19H2,1-5H3,(H,32,36)(H,33,37)(H,34,39)(H,41,42,43)/t22-,23-,24-,27-/m0/s1. The number of rotatable bonds is 12. The van der Waals surface area contributed by atoms with Crippen LogP contribution in [-0.2, 0) is 35.6 Å². The van der Waals surface area contributed by atoms with Crippen LogP contribution in [0.5, 0.6) is 0 Å². The van der Waals surface area contributed by atoms with E-state index in [0.717, 1.165) is 5.56 Å². The number of hydrogen-bond donors (Lipinski definition) is 5. The fraction of sp³-hybridized carbons (Fsp3) is 0.677. The molecule has 5 N–H and O–H groups in total. The van der Waals surface area contributed by atoms with Crippen LogP contribution < -0.4 is 16.0 Å². The van der Waals surface area contributed by atoms with Crippen LogP contribution in [0.15, 0.2) is 30.3 Å². The first-order valence-electron chi connectivity index (χ1n) is 15.6. The van der Waals surface area contributed by atoms with Crippen molar-refractivity contribution in [3.63, 3.8) is 0 Å². The highest BCUT2D eigenvalue weighted by Gasteiger charge is 2.42. The van der Waals surface area contributed by atoms with Crippen molar-refractivity contribution in [1.82, 2.24) is 20.9 Å². The van der Waals surface area contributed by atoms with Crippen molar-refractivity contribution < 1.29 is 46.7 Å². The van der Waals surface area contributed by atoms with Gasteiger partial charge in [-0.05, 0) is 51.5 Å². The predicted molar refractivity (Wildman–Crippen MR) is 168 cm³/mol. The summed E-state index contributed by atoms with van der Waals surface area (Å²) in [5, 5.41) is 18.0. The summed E-state index contributed by atoms with van der Waals surface area (Å²) in [5.41, 5.74) is -3.16. The molecule has 2 heterocycles. The van der Waals surface area contributed by atoms with Crippen molar-refractivity contribution in [2.24, 2.45) is 11.8 Å². The van der Waals surface area contributed by atoms with Gasteiger partial charge < -0.3 is 35.4 Å². The second kappa shape index (κ2) is 15.4. The number of piperidine rings is 1. The van der Waals surface area contributed by atoms with Gasteiger partial charge in [-0.15, -0.1) is 0 Å². The number of ether oxygens (including phenoxy) is 2. The maximum absolute atomic E-state index is 13.5. The van der Waals surface area contributed by atoms with Crippen LogP contribution in [0.1, 0.15) is 72.3 Å². The Hall–Kier alpha value is -3.43. The summed E-state index contributed by atoms with van der Waals surface area (Å²) < 4.78 is 44.7. The summed E-state index contributed by atoms with van der Waals surface area (Å²) >= 11 is 0. The fourth-order valence-corrected chi connectivity index (χ4v) is 6.29. The number of alkyl carbamates (subject to hydrolysis) is 1. The fourth-order valence-electron chi connectivity index (χ4n) is 5.69. The third-order valence-corrected chi connectivity index (χ3v) is 8.94. The molecule has 0 aromatic heterocycles. The first kappa shape index (κ1) is 37.0. The Morgan fingerprint density at radius 2 is 1.74 bits per heavy atom. The first-order valence-corrected chi connectivity index (χ1v) is 17.1. The summed E-state index contributed by atoms with van der Waals surface area (Å²) in [6.45, 7) is 9.89. The molecule has 4 amide bonds. The third-order valence-electron chi connectivity index (χ3n) is 8.00. The molecule has 258 valence electrons. The number of aliphatic hydroxyl groups excluding tert-OH is 1. The minimum absolute atomic E-state index is 0.100. The van der Waals surface area contributed by atoms with Gasteiger partial charge in [-0.25, -0.2) is 9.59 Å². The average Bonchev–Trinajstić information content (AvgIpc) is 3.34. The molecule has 1 aromatic carbocycles. The van der Waals surface area contributed by atoms with Gasteiger partial charge in [0.05, 0.1) is 6.04 Å². The lowest BCUT2D eigenvalue weighted by molar-refractivity contribution is -0.126. The van der Waals surface area contributed by atoms with Gasteiger partial charge in [-0.2, -0.15) is 8.42 Å². The zero-order valence-corrected chi connectivity index (χ0v) is 28.0. The van der Waals surface area contributed by atoms with E-state index in [1.54, 1.807) is 25.7 Å². The van der Waals surface area contributed by atoms with E-state index >= 15 is 0 Å². The predicted octanol–water partition coefficient (Wildman–Crippen LogP) is 2.36. The molecule has 0 bridgehead atoms. The van der Waals surface area contributed by atoms with Gasteiger partial charge in [0.1, 0.15) is 17.2 Å². The molecule has 3 rings (SSSR count). The van der Waals surface area contributed by atoms with E-state index in [9.17, 15) is 37.3 Å². The summed E-state index contributed by atoms with van der Waals surface area (Å²) in [7, 11) is -5.00. The highest BCUT2D eigenvalue weighted by molar-refractivity contribution is 7.86. The minimum Gasteiger partial charge on any atom is -0.444 e. The van der Waals surface area contributed by atoms with E-state index in [1.807, 2.05) is 44.2 Å². The molecular formula is C31H48N4O10S. The number of likely N-dealkylation sites (tertiary alicyclic amines) is 1. The molecule has 46 heavy (non-hydrogen) atoms. The van der Waals surface area contributed by atoms with Gasteiger partial charge >= 0.3 is 12.2 Å². The van der Waals surface area contributed by atoms with Gasteiger partial charge in [0.2, 0.25) is 17.3 Å². The molecule has 1 aromatic rings. The highest BCUT2D eigenvalue weighted by atomic mass is 32.2. The van der Waals surface area contributed by atoms with E-state index < -0.39 is 62.9 Å². The lowest BCUT2D eigenvalue weighted by Crippen LogP contribution is -2.56. The molecule has 0 saturated carbocycles. The van der Waals surface area contributed by atoms with Crippen LogP contribution in [0, 0.1) is 11.8 Å². The molecule has 0 radical (unpaired) electrons. The Morgan fingerprint density at radius 3 is 2.26 bits per heavy atom. The summed E-state index contributed by atoms with van der Waals surface area (Å²) in [6, 6.07) is 6.70. The first-order chi connectivity index (χ1) is 21.4. The van der Waals surface area contributed by atoms with Crippen molar-refractivity contribution in [2.75, 3.05) is 19.6 Å². The average molecular weight is 669 g/mol. The summed E-state index contributed by atoms with van der Waals surface area (Å²) in [5.74, 6) is -1.96. The van der Waals surface area contributed by atoms with E-state index in [4.69, 9.17) is 9.47 Å². The van der Waals surface area contributed by atoms with Crippen LogP contribution in [0.4, 0.5) is 9.59 Å². The van der Waals surface area contributed by atoms with Crippen molar-refractivity contribution in [3.05, 3.63) is 35.9 Å². The maximum Gasteiger partial charge on any atom is 0.410 e. The Kier molecular flexibility index (Phi) is 12.4. The molecule has 15 heteroatoms. The molecule has 2 fully saturated rings. The number of hydrogen-bond acceptors (Lipinski definition) is 9. The zero-order chi connectivity index (χ0) is 34.3. The lowest BCUT2D eigenvalue weighted by atomic mass is 9.85. The van der Waals surface area contributed by atoms with E-state index in [1.165, 1.54) is 0 Å². The SMILES string of the molecule is CC(C)C[C@H](NC(=O)OC1(Cc2ccccc2)CCN(C(=O)OC(C)(C)C)CC1)C(=O)N[C@@H](C[C@@H]1CCNC1=O)[C@@H](O)S(=O)(=O)O. The van der Waals surface area contributed by atoms with Crippen LogP contribution in [0.3, 0.4) is 0 Å². The third kappa shape index (κ3) is 11.1. The Labute approximate surface area is 270 Å². The van der Waals surface area contributed by atoms with E-state index in [0.29, 0.717) is 32.2 Å². The molecule has 4 atom stereocenters. The van der Waals surface area contributed by atoms with Crippen LogP contribution >= 0.6 is 0 Å². The smallest absolute Gasteiger partial charge is 0.410 e. The maximum atomic E-state index is 13.5. The quantitative estimate of drug-likeness (QED) is 0.206. The van der Waals surface area contributed by atoms with Gasteiger partial charge in [0, 0.05) is 44.8 Å². The van der Waals surface area contributed by atoms with Gasteiger partial charge in [0.25, 0.3) is 10.1 Å². The van der Waals surface area contributed by atoms with Crippen molar-refractivity contribution in [1.29, 1.82) is 0 Å². The van der Waals surface area contributed by atoms with Crippen LogP contribution in [0.2, 0.25) is 0 Å². The molecule has 0 unspecified atom stereocenters. The second-order valence-electron chi connectivity index (χ2n) is 13.6. The monoisotopic (exact) mass is 668 g/mol. The van der Waals surface area contributed by atoms with Gasteiger partial charge in [-0.3, -0.25) is 14.1 Å². The van der Waals surface area contributed by atoms with Crippen molar-refractivity contribution >= 4 is 34.1 Å². The topological polar surface area (TPSA) is 201 Å². The number of nitrogens with zero attached hydrogens (tertiary/aromatic N) is 1. The Balaban J connectivity index is 1.77. The van der Waals surface area contributed by atoms with Crippen molar-refractivity contribution in [2.45, 2.75) is 102 Å². The molecule has 14 nitrogen and oxygen atoms in total. The number of carbonyl (C=O) groups excluding carboxylic acids is 4. The molecular weight excluding hydrogens is 620 g/mol.